The fraction of sp³-hybridized carbons (Fsp3) is 0.346. The van der Waals surface area contributed by atoms with Gasteiger partial charge in [0.1, 0.15) is 17.2 Å². The number of anilines is 1. The van der Waals surface area contributed by atoms with Crippen LogP contribution in [0.3, 0.4) is 0 Å². The molecule has 7 nitrogen and oxygen atoms in total. The third kappa shape index (κ3) is 6.33. The normalized spacial score (nSPS) is 14.5. The number of hydrogen-bond donors (Lipinski definition) is 1. The molecule has 1 aliphatic rings. The zero-order valence-electron chi connectivity index (χ0n) is 19.7. The molecule has 0 unspecified atom stereocenters. The Labute approximate surface area is 209 Å². The van der Waals surface area contributed by atoms with Gasteiger partial charge in [0.2, 0.25) is 0 Å². The monoisotopic (exact) mass is 497 g/mol. The van der Waals surface area contributed by atoms with Crippen LogP contribution in [0.25, 0.3) is 0 Å². The number of pyridine rings is 2. The van der Waals surface area contributed by atoms with Crippen LogP contribution in [0, 0.1) is 5.82 Å². The van der Waals surface area contributed by atoms with Crippen molar-refractivity contribution in [1.29, 1.82) is 0 Å². The summed E-state index contributed by atoms with van der Waals surface area (Å²) in [6.07, 6.45) is 3.51. The average Bonchev–Trinajstić information content (AvgIpc) is 2.87. The van der Waals surface area contributed by atoms with Gasteiger partial charge in [-0.15, -0.1) is 0 Å². The number of carboxylic acids is 1. The molecule has 0 bridgehead atoms. The standard InChI is InChI=1S/C26H29ClFN5O2/c1-2-31(18-22-23(27)6-3-7-24(22)28)16-19-8-9-20(30-15-19)17-32-11-13-33(14-12-32)25-21(26(34)35)5-4-10-29-25/h3-10,15H,2,11-14,16-18H2,1H3,(H,34,35). The van der Waals surface area contributed by atoms with Gasteiger partial charge < -0.3 is 10.0 Å². The van der Waals surface area contributed by atoms with Gasteiger partial charge in [-0.25, -0.2) is 14.2 Å². The third-order valence-corrected chi connectivity index (χ3v) is 6.61. The van der Waals surface area contributed by atoms with Crippen LogP contribution >= 0.6 is 11.6 Å². The number of carboxylic acid groups (broad SMARTS) is 1. The highest BCUT2D eigenvalue weighted by atomic mass is 35.5. The summed E-state index contributed by atoms with van der Waals surface area (Å²) in [5.74, 6) is -0.718. The molecule has 0 atom stereocenters. The van der Waals surface area contributed by atoms with Gasteiger partial charge in [0.15, 0.2) is 0 Å². The van der Waals surface area contributed by atoms with Crippen LogP contribution in [-0.2, 0) is 19.6 Å². The van der Waals surface area contributed by atoms with Crippen molar-refractivity contribution in [3.63, 3.8) is 0 Å². The number of aromatic carboxylic acids is 1. The summed E-state index contributed by atoms with van der Waals surface area (Å²) in [6.45, 7) is 7.63. The second kappa shape index (κ2) is 11.6. The SMILES string of the molecule is CCN(Cc1ccc(CN2CCN(c3ncccc3C(=O)O)CC2)nc1)Cc1c(F)cccc1Cl. The Morgan fingerprint density at radius 1 is 1.09 bits per heavy atom. The van der Waals surface area contributed by atoms with E-state index in [4.69, 9.17) is 11.6 Å². The minimum atomic E-state index is -0.960. The number of rotatable bonds is 9. The third-order valence-electron chi connectivity index (χ3n) is 6.26. The van der Waals surface area contributed by atoms with Crippen LogP contribution in [0.5, 0.6) is 0 Å². The Morgan fingerprint density at radius 3 is 2.54 bits per heavy atom. The first-order valence-electron chi connectivity index (χ1n) is 11.7. The maximum atomic E-state index is 14.2. The maximum Gasteiger partial charge on any atom is 0.339 e. The van der Waals surface area contributed by atoms with Crippen LogP contribution in [0.1, 0.15) is 34.1 Å². The molecule has 1 fully saturated rings. The van der Waals surface area contributed by atoms with E-state index < -0.39 is 5.97 Å². The fourth-order valence-corrected chi connectivity index (χ4v) is 4.47. The van der Waals surface area contributed by atoms with Gasteiger partial charge in [0.05, 0.1) is 5.69 Å². The lowest BCUT2D eigenvalue weighted by Crippen LogP contribution is -2.46. The summed E-state index contributed by atoms with van der Waals surface area (Å²) < 4.78 is 14.2. The minimum absolute atomic E-state index is 0.233. The molecule has 1 N–H and O–H groups in total. The predicted octanol–water partition coefficient (Wildman–Crippen LogP) is 4.31. The molecule has 0 aliphatic carbocycles. The number of piperazine rings is 1. The Hall–Kier alpha value is -3.07. The largest absolute Gasteiger partial charge is 0.478 e. The van der Waals surface area contributed by atoms with Crippen LogP contribution in [0.2, 0.25) is 5.02 Å². The van der Waals surface area contributed by atoms with E-state index >= 15 is 0 Å². The first-order valence-corrected chi connectivity index (χ1v) is 12.1. The highest BCUT2D eigenvalue weighted by Crippen LogP contribution is 2.22. The molecule has 0 radical (unpaired) electrons. The van der Waals surface area contributed by atoms with Gasteiger partial charge >= 0.3 is 5.97 Å². The maximum absolute atomic E-state index is 14.2. The summed E-state index contributed by atoms with van der Waals surface area (Å²) in [4.78, 5) is 26.9. The van der Waals surface area contributed by atoms with Gasteiger partial charge in [-0.3, -0.25) is 14.8 Å². The van der Waals surface area contributed by atoms with Gasteiger partial charge in [0.25, 0.3) is 0 Å². The fourth-order valence-electron chi connectivity index (χ4n) is 4.25. The molecule has 35 heavy (non-hydrogen) atoms. The molecule has 3 heterocycles. The molecule has 1 saturated heterocycles. The molecule has 0 amide bonds. The van der Waals surface area contributed by atoms with Crippen molar-refractivity contribution in [1.82, 2.24) is 19.8 Å². The lowest BCUT2D eigenvalue weighted by molar-refractivity contribution is 0.0697. The molecular formula is C26H29ClFN5O2. The Morgan fingerprint density at radius 2 is 1.89 bits per heavy atom. The average molecular weight is 498 g/mol. The van der Waals surface area contributed by atoms with E-state index in [1.807, 2.05) is 24.1 Å². The molecule has 184 valence electrons. The molecule has 3 aromatic rings. The van der Waals surface area contributed by atoms with Gasteiger partial charge in [0, 0.05) is 68.8 Å². The summed E-state index contributed by atoms with van der Waals surface area (Å²) in [5.41, 5.74) is 2.79. The zero-order valence-corrected chi connectivity index (χ0v) is 20.5. The molecule has 4 rings (SSSR count). The van der Waals surface area contributed by atoms with E-state index in [-0.39, 0.29) is 11.4 Å². The van der Waals surface area contributed by atoms with Crippen LogP contribution < -0.4 is 4.90 Å². The first-order chi connectivity index (χ1) is 16.9. The molecule has 9 heteroatoms. The van der Waals surface area contributed by atoms with Crippen molar-refractivity contribution in [2.24, 2.45) is 0 Å². The topological polar surface area (TPSA) is 72.8 Å². The van der Waals surface area contributed by atoms with Crippen LogP contribution in [0.15, 0.2) is 54.9 Å². The van der Waals surface area contributed by atoms with E-state index in [2.05, 4.69) is 25.8 Å². The van der Waals surface area contributed by atoms with E-state index in [1.165, 1.54) is 6.07 Å². The Kier molecular flexibility index (Phi) is 8.28. The number of halogens is 2. The number of carbonyl (C=O) groups is 1. The summed E-state index contributed by atoms with van der Waals surface area (Å²) in [5, 5.41) is 9.87. The number of hydrogen-bond acceptors (Lipinski definition) is 6. The zero-order chi connectivity index (χ0) is 24.8. The molecule has 1 aromatic carbocycles. The van der Waals surface area contributed by atoms with Crippen molar-refractivity contribution < 1.29 is 14.3 Å². The highest BCUT2D eigenvalue weighted by Gasteiger charge is 2.22. The Balaban J connectivity index is 1.31. The lowest BCUT2D eigenvalue weighted by atomic mass is 10.1. The van der Waals surface area contributed by atoms with Crippen LogP contribution in [-0.4, -0.2) is 63.6 Å². The molecule has 0 saturated carbocycles. The smallest absolute Gasteiger partial charge is 0.339 e. The van der Waals surface area contributed by atoms with E-state index in [0.29, 0.717) is 42.6 Å². The van der Waals surface area contributed by atoms with E-state index in [9.17, 15) is 14.3 Å². The number of aromatic nitrogens is 2. The molecule has 1 aliphatic heterocycles. The van der Waals surface area contributed by atoms with E-state index in [1.54, 1.807) is 30.5 Å². The lowest BCUT2D eigenvalue weighted by Gasteiger charge is -2.35. The van der Waals surface area contributed by atoms with E-state index in [0.717, 1.165) is 37.4 Å². The minimum Gasteiger partial charge on any atom is -0.478 e. The Bertz CT molecular complexity index is 1130. The van der Waals surface area contributed by atoms with Crippen molar-refractivity contribution in [3.8, 4) is 0 Å². The highest BCUT2D eigenvalue weighted by molar-refractivity contribution is 6.31. The number of nitrogens with zero attached hydrogens (tertiary/aromatic N) is 5. The van der Waals surface area contributed by atoms with Crippen molar-refractivity contribution in [3.05, 3.63) is 88.1 Å². The first kappa shape index (κ1) is 25.0. The predicted molar refractivity (Wildman–Crippen MR) is 134 cm³/mol. The van der Waals surface area contributed by atoms with Crippen LogP contribution in [0.4, 0.5) is 10.2 Å². The molecular weight excluding hydrogens is 469 g/mol. The quantitative estimate of drug-likeness (QED) is 0.472. The van der Waals surface area contributed by atoms with Gasteiger partial charge in [-0.05, 0) is 42.4 Å². The second-order valence-electron chi connectivity index (χ2n) is 8.60. The van der Waals surface area contributed by atoms with Gasteiger partial charge in [-0.2, -0.15) is 0 Å². The van der Waals surface area contributed by atoms with Crippen molar-refractivity contribution in [2.45, 2.75) is 26.6 Å². The summed E-state index contributed by atoms with van der Waals surface area (Å²) in [6, 6.07) is 12.1. The van der Waals surface area contributed by atoms with Crippen molar-refractivity contribution >= 4 is 23.4 Å². The second-order valence-corrected chi connectivity index (χ2v) is 9.01. The van der Waals surface area contributed by atoms with Crippen molar-refractivity contribution in [2.75, 3.05) is 37.6 Å². The number of benzene rings is 1. The summed E-state index contributed by atoms with van der Waals surface area (Å²) >= 11 is 6.20. The van der Waals surface area contributed by atoms with Gasteiger partial charge in [-0.1, -0.05) is 30.7 Å². The molecule has 0 spiro atoms. The molecule has 2 aromatic heterocycles. The summed E-state index contributed by atoms with van der Waals surface area (Å²) in [7, 11) is 0.